The van der Waals surface area contributed by atoms with Crippen molar-refractivity contribution >= 4 is 27.5 Å². The van der Waals surface area contributed by atoms with E-state index in [-0.39, 0.29) is 17.3 Å². The second kappa shape index (κ2) is 13.8. The van der Waals surface area contributed by atoms with E-state index in [1.807, 2.05) is 38.1 Å². The van der Waals surface area contributed by atoms with Gasteiger partial charge >= 0.3 is 0 Å². The number of para-hydroxylation sites is 1. The van der Waals surface area contributed by atoms with E-state index in [2.05, 4.69) is 5.32 Å². The van der Waals surface area contributed by atoms with Crippen molar-refractivity contribution in [2.75, 3.05) is 24.5 Å². The highest BCUT2D eigenvalue weighted by molar-refractivity contribution is 7.92. The van der Waals surface area contributed by atoms with Gasteiger partial charge in [0.15, 0.2) is 0 Å². The Bertz CT molecular complexity index is 1330. The summed E-state index contributed by atoms with van der Waals surface area (Å²) in [6.07, 6.45) is 1.75. The Morgan fingerprint density at radius 3 is 2.18 bits per heavy atom. The quantitative estimate of drug-likeness (QED) is 0.315. The van der Waals surface area contributed by atoms with Crippen LogP contribution in [0, 0.1) is 6.92 Å². The Hall–Kier alpha value is -3.85. The summed E-state index contributed by atoms with van der Waals surface area (Å²) < 4.78 is 33.8. The SMILES string of the molecule is CCCCNC(=O)C(C)N(Cc1ccc(C)cc1)C(=O)CN(c1ccccc1)S(=O)(=O)c1ccc(OC)cc1. The smallest absolute Gasteiger partial charge is 0.264 e. The molecule has 0 radical (unpaired) electrons. The van der Waals surface area contributed by atoms with Gasteiger partial charge in [0.1, 0.15) is 18.3 Å². The van der Waals surface area contributed by atoms with Gasteiger partial charge in [-0.15, -0.1) is 0 Å². The van der Waals surface area contributed by atoms with Crippen molar-refractivity contribution < 1.29 is 22.7 Å². The number of anilines is 1. The molecule has 0 aliphatic carbocycles. The summed E-state index contributed by atoms with van der Waals surface area (Å²) in [5, 5.41) is 2.89. The van der Waals surface area contributed by atoms with Crippen molar-refractivity contribution in [2.45, 2.75) is 51.1 Å². The second-order valence-corrected chi connectivity index (χ2v) is 11.2. The molecule has 0 fully saturated rings. The third kappa shape index (κ3) is 7.83. The molecule has 2 amide bonds. The second-order valence-electron chi connectivity index (χ2n) is 9.35. The standard InChI is InChI=1S/C30H37N3O5S/c1-5-6-20-31-30(35)24(3)32(21-25-14-12-23(2)13-15-25)29(34)22-33(26-10-8-7-9-11-26)39(36,37)28-18-16-27(38-4)17-19-28/h7-19,24H,5-6,20-22H2,1-4H3,(H,31,35). The molecule has 208 valence electrons. The van der Waals surface area contributed by atoms with Crippen LogP contribution in [0.5, 0.6) is 5.75 Å². The number of methoxy groups -OCH3 is 1. The Labute approximate surface area is 231 Å². The van der Waals surface area contributed by atoms with E-state index >= 15 is 0 Å². The molecule has 3 aromatic carbocycles. The van der Waals surface area contributed by atoms with E-state index in [1.165, 1.54) is 24.1 Å². The lowest BCUT2D eigenvalue weighted by molar-refractivity contribution is -0.139. The third-order valence-corrected chi connectivity index (χ3v) is 8.23. The zero-order valence-corrected chi connectivity index (χ0v) is 23.8. The number of aryl methyl sites for hydroxylation is 1. The first kappa shape index (κ1) is 29.7. The molecule has 1 atom stereocenters. The van der Waals surface area contributed by atoms with Crippen molar-refractivity contribution in [3.8, 4) is 5.75 Å². The van der Waals surface area contributed by atoms with Gasteiger partial charge in [-0.05, 0) is 62.2 Å². The van der Waals surface area contributed by atoms with Crippen LogP contribution in [-0.4, -0.2) is 51.4 Å². The van der Waals surface area contributed by atoms with Crippen LogP contribution in [0.2, 0.25) is 0 Å². The Morgan fingerprint density at radius 2 is 1.59 bits per heavy atom. The fourth-order valence-electron chi connectivity index (χ4n) is 4.01. The average molecular weight is 552 g/mol. The van der Waals surface area contributed by atoms with Gasteiger partial charge in [-0.1, -0.05) is 61.4 Å². The van der Waals surface area contributed by atoms with E-state index in [4.69, 9.17) is 4.74 Å². The van der Waals surface area contributed by atoms with Crippen molar-refractivity contribution in [3.63, 3.8) is 0 Å². The van der Waals surface area contributed by atoms with Gasteiger partial charge in [-0.2, -0.15) is 0 Å². The summed E-state index contributed by atoms with van der Waals surface area (Å²) in [6.45, 7) is 5.86. The van der Waals surface area contributed by atoms with E-state index < -0.39 is 28.5 Å². The minimum atomic E-state index is -4.12. The van der Waals surface area contributed by atoms with Crippen molar-refractivity contribution in [1.29, 1.82) is 0 Å². The molecule has 1 N–H and O–H groups in total. The number of carbonyl (C=O) groups is 2. The number of unbranched alkanes of at least 4 members (excludes halogenated alkanes) is 1. The van der Waals surface area contributed by atoms with Gasteiger partial charge in [-0.3, -0.25) is 13.9 Å². The van der Waals surface area contributed by atoms with E-state index in [0.29, 0.717) is 18.0 Å². The highest BCUT2D eigenvalue weighted by Crippen LogP contribution is 2.25. The molecule has 0 saturated carbocycles. The fourth-order valence-corrected chi connectivity index (χ4v) is 5.42. The molecular formula is C30H37N3O5S. The molecule has 0 aromatic heterocycles. The average Bonchev–Trinajstić information content (AvgIpc) is 2.95. The third-order valence-electron chi connectivity index (χ3n) is 6.44. The number of rotatable bonds is 13. The number of hydrogen-bond acceptors (Lipinski definition) is 5. The monoisotopic (exact) mass is 551 g/mol. The molecule has 0 bridgehead atoms. The first-order valence-corrected chi connectivity index (χ1v) is 14.5. The number of ether oxygens (including phenoxy) is 1. The molecule has 0 aliphatic rings. The van der Waals surface area contributed by atoms with E-state index in [1.54, 1.807) is 49.4 Å². The topological polar surface area (TPSA) is 96.0 Å². The van der Waals surface area contributed by atoms with Crippen LogP contribution in [0.4, 0.5) is 5.69 Å². The predicted molar refractivity (Wildman–Crippen MR) is 153 cm³/mol. The minimum Gasteiger partial charge on any atom is -0.497 e. The number of sulfonamides is 1. The van der Waals surface area contributed by atoms with E-state index in [0.717, 1.165) is 28.3 Å². The molecule has 0 saturated heterocycles. The van der Waals surface area contributed by atoms with Crippen LogP contribution in [0.1, 0.15) is 37.8 Å². The molecule has 9 heteroatoms. The van der Waals surface area contributed by atoms with Crippen LogP contribution in [0.15, 0.2) is 83.8 Å². The van der Waals surface area contributed by atoms with Crippen LogP contribution in [0.25, 0.3) is 0 Å². The summed E-state index contributed by atoms with van der Waals surface area (Å²) in [7, 11) is -2.62. The highest BCUT2D eigenvalue weighted by Gasteiger charge is 2.32. The number of hydrogen-bond donors (Lipinski definition) is 1. The largest absolute Gasteiger partial charge is 0.497 e. The molecular weight excluding hydrogens is 514 g/mol. The Kier molecular flexibility index (Phi) is 10.5. The lowest BCUT2D eigenvalue weighted by atomic mass is 10.1. The van der Waals surface area contributed by atoms with Crippen molar-refractivity contribution in [1.82, 2.24) is 10.2 Å². The zero-order valence-electron chi connectivity index (χ0n) is 23.0. The molecule has 0 aliphatic heterocycles. The molecule has 39 heavy (non-hydrogen) atoms. The predicted octanol–water partition coefficient (Wildman–Crippen LogP) is 4.53. The fraction of sp³-hybridized carbons (Fsp3) is 0.333. The minimum absolute atomic E-state index is 0.0235. The lowest BCUT2D eigenvalue weighted by Gasteiger charge is -2.32. The molecule has 8 nitrogen and oxygen atoms in total. The maximum Gasteiger partial charge on any atom is 0.264 e. The maximum absolute atomic E-state index is 13.9. The molecule has 0 spiro atoms. The van der Waals surface area contributed by atoms with Crippen molar-refractivity contribution in [2.24, 2.45) is 0 Å². The number of amides is 2. The molecule has 3 aromatic rings. The number of nitrogens with zero attached hydrogens (tertiary/aromatic N) is 2. The maximum atomic E-state index is 13.9. The van der Waals surface area contributed by atoms with Gasteiger partial charge in [0.05, 0.1) is 17.7 Å². The number of benzene rings is 3. The number of nitrogens with one attached hydrogen (secondary N) is 1. The van der Waals surface area contributed by atoms with Gasteiger partial charge in [-0.25, -0.2) is 8.42 Å². The lowest BCUT2D eigenvalue weighted by Crippen LogP contribution is -2.51. The first-order chi connectivity index (χ1) is 18.7. The molecule has 1 unspecified atom stereocenters. The summed E-state index contributed by atoms with van der Waals surface area (Å²) in [4.78, 5) is 28.3. The normalized spacial score (nSPS) is 11.9. The van der Waals surface area contributed by atoms with Crippen LogP contribution in [-0.2, 0) is 26.2 Å². The Morgan fingerprint density at radius 1 is 0.949 bits per heavy atom. The highest BCUT2D eigenvalue weighted by atomic mass is 32.2. The summed E-state index contributed by atoms with van der Waals surface area (Å²) in [6, 6.07) is 21.4. The summed E-state index contributed by atoms with van der Waals surface area (Å²) in [5.41, 5.74) is 2.26. The van der Waals surface area contributed by atoms with Gasteiger partial charge in [0.25, 0.3) is 10.0 Å². The van der Waals surface area contributed by atoms with Crippen molar-refractivity contribution in [3.05, 3.63) is 90.0 Å². The van der Waals surface area contributed by atoms with Crippen LogP contribution < -0.4 is 14.4 Å². The molecule has 0 heterocycles. The Balaban J connectivity index is 1.96. The van der Waals surface area contributed by atoms with E-state index in [9.17, 15) is 18.0 Å². The van der Waals surface area contributed by atoms with Crippen LogP contribution >= 0.6 is 0 Å². The molecule has 3 rings (SSSR count). The number of carbonyl (C=O) groups excluding carboxylic acids is 2. The summed E-state index contributed by atoms with van der Waals surface area (Å²) >= 11 is 0. The first-order valence-electron chi connectivity index (χ1n) is 13.0. The van der Waals surface area contributed by atoms with Gasteiger partial charge < -0.3 is 15.0 Å². The van der Waals surface area contributed by atoms with Crippen LogP contribution in [0.3, 0.4) is 0 Å². The summed E-state index contributed by atoms with van der Waals surface area (Å²) in [5.74, 6) is -0.258. The van der Waals surface area contributed by atoms with Gasteiger partial charge in [0.2, 0.25) is 11.8 Å². The van der Waals surface area contributed by atoms with Gasteiger partial charge in [0, 0.05) is 13.1 Å². The zero-order chi connectivity index (χ0) is 28.4.